The summed E-state index contributed by atoms with van der Waals surface area (Å²) >= 11 is 0. The molecule has 0 N–H and O–H groups in total. The number of hydrogen-bond acceptors (Lipinski definition) is 9. The van der Waals surface area contributed by atoms with Gasteiger partial charge in [-0.2, -0.15) is 5.10 Å². The number of aromatic nitrogens is 2. The first-order chi connectivity index (χ1) is 10.9. The maximum absolute atomic E-state index is 11.8. The fraction of sp³-hybridized carbons (Fsp3) is 0.308. The van der Waals surface area contributed by atoms with E-state index in [4.69, 9.17) is 0 Å². The summed E-state index contributed by atoms with van der Waals surface area (Å²) < 4.78 is 18.8. The Bertz CT molecular complexity index is 640. The highest BCUT2D eigenvalue weighted by Gasteiger charge is 2.26. The minimum atomic E-state index is -0.939. The quantitative estimate of drug-likeness (QED) is 0.405. The lowest BCUT2D eigenvalue weighted by molar-refractivity contribution is -0.137. The van der Waals surface area contributed by atoms with Crippen LogP contribution in [0.3, 0.4) is 0 Å². The Hall–Kier alpha value is -3.17. The lowest BCUT2D eigenvalue weighted by atomic mass is 10.2. The topological polar surface area (TPSA) is 123 Å². The van der Waals surface area contributed by atoms with E-state index in [1.165, 1.54) is 0 Å². The van der Waals surface area contributed by atoms with Gasteiger partial charge in [0.25, 0.3) is 0 Å². The monoisotopic (exact) mass is 326 g/mol. The van der Waals surface area contributed by atoms with Crippen molar-refractivity contribution in [1.82, 2.24) is 9.78 Å². The van der Waals surface area contributed by atoms with Gasteiger partial charge in [0.15, 0.2) is 11.4 Å². The summed E-state index contributed by atoms with van der Waals surface area (Å²) in [7, 11) is 4.39. The SMILES string of the molecule is COC(=O)/C=C(/C(=O)OC)n1cc(C(=O)OC)c(C(=O)OC)n1. The molecule has 0 saturated carbocycles. The van der Waals surface area contributed by atoms with Gasteiger partial charge in [-0.25, -0.2) is 23.9 Å². The molecule has 124 valence electrons. The molecule has 0 aliphatic heterocycles. The van der Waals surface area contributed by atoms with E-state index >= 15 is 0 Å². The van der Waals surface area contributed by atoms with E-state index in [0.717, 1.165) is 45.4 Å². The minimum absolute atomic E-state index is 0.251. The molecule has 0 fully saturated rings. The van der Waals surface area contributed by atoms with E-state index in [0.29, 0.717) is 0 Å². The Balaban J connectivity index is 3.49. The van der Waals surface area contributed by atoms with Gasteiger partial charge >= 0.3 is 23.9 Å². The molecule has 0 aliphatic rings. The highest BCUT2D eigenvalue weighted by Crippen LogP contribution is 2.15. The molecule has 0 unspecified atom stereocenters. The van der Waals surface area contributed by atoms with E-state index in [1.54, 1.807) is 0 Å². The van der Waals surface area contributed by atoms with Crippen molar-refractivity contribution in [3.05, 3.63) is 23.5 Å². The van der Waals surface area contributed by atoms with Crippen LogP contribution in [0.5, 0.6) is 0 Å². The van der Waals surface area contributed by atoms with Gasteiger partial charge in [0.2, 0.25) is 0 Å². The van der Waals surface area contributed by atoms with Crippen LogP contribution in [0.15, 0.2) is 12.3 Å². The molecule has 1 aromatic rings. The Morgan fingerprint density at radius 3 is 2.04 bits per heavy atom. The summed E-state index contributed by atoms with van der Waals surface area (Å²) in [6.45, 7) is 0. The zero-order valence-corrected chi connectivity index (χ0v) is 12.8. The van der Waals surface area contributed by atoms with Gasteiger partial charge in [0.1, 0.15) is 5.56 Å². The molecule has 1 rings (SSSR count). The summed E-state index contributed by atoms with van der Waals surface area (Å²) in [5.74, 6) is -3.60. The second kappa shape index (κ2) is 7.73. The van der Waals surface area contributed by atoms with Crippen molar-refractivity contribution in [2.24, 2.45) is 0 Å². The average Bonchev–Trinajstić information content (AvgIpc) is 3.02. The zero-order valence-electron chi connectivity index (χ0n) is 12.8. The lowest BCUT2D eigenvalue weighted by Gasteiger charge is -2.04. The van der Waals surface area contributed by atoms with Crippen LogP contribution in [0.1, 0.15) is 20.8 Å². The van der Waals surface area contributed by atoms with E-state index in [1.807, 2.05) is 0 Å². The van der Waals surface area contributed by atoms with E-state index in [-0.39, 0.29) is 17.0 Å². The average molecular weight is 326 g/mol. The van der Waals surface area contributed by atoms with Crippen LogP contribution in [-0.4, -0.2) is 62.1 Å². The second-order valence-corrected chi connectivity index (χ2v) is 3.86. The third-order valence-electron chi connectivity index (χ3n) is 2.60. The number of carbonyl (C=O) groups excluding carboxylic acids is 4. The fourth-order valence-electron chi connectivity index (χ4n) is 1.50. The van der Waals surface area contributed by atoms with Gasteiger partial charge in [-0.15, -0.1) is 0 Å². The van der Waals surface area contributed by atoms with Gasteiger partial charge in [-0.05, 0) is 0 Å². The summed E-state index contributed by atoms with van der Waals surface area (Å²) in [5.41, 5.74) is -1.02. The van der Waals surface area contributed by atoms with Crippen LogP contribution < -0.4 is 0 Å². The first-order valence-electron chi connectivity index (χ1n) is 6.04. The highest BCUT2D eigenvalue weighted by molar-refractivity contribution is 6.15. The molecular weight excluding hydrogens is 312 g/mol. The third kappa shape index (κ3) is 3.93. The van der Waals surface area contributed by atoms with Crippen LogP contribution in [0.4, 0.5) is 0 Å². The molecule has 0 aliphatic carbocycles. The van der Waals surface area contributed by atoms with Gasteiger partial charge in [-0.1, -0.05) is 0 Å². The Morgan fingerprint density at radius 1 is 0.957 bits per heavy atom. The van der Waals surface area contributed by atoms with Crippen molar-refractivity contribution in [1.29, 1.82) is 0 Å². The fourth-order valence-corrected chi connectivity index (χ4v) is 1.50. The minimum Gasteiger partial charge on any atom is -0.466 e. The maximum Gasteiger partial charge on any atom is 0.359 e. The summed E-state index contributed by atoms with van der Waals surface area (Å²) in [5, 5.41) is 3.77. The van der Waals surface area contributed by atoms with Crippen molar-refractivity contribution in [2.45, 2.75) is 0 Å². The van der Waals surface area contributed by atoms with Crippen molar-refractivity contribution >= 4 is 29.6 Å². The second-order valence-electron chi connectivity index (χ2n) is 3.86. The first kappa shape index (κ1) is 17.9. The number of esters is 4. The number of rotatable bonds is 5. The van der Waals surface area contributed by atoms with Crippen LogP contribution in [-0.2, 0) is 28.5 Å². The van der Waals surface area contributed by atoms with Gasteiger partial charge in [-0.3, -0.25) is 0 Å². The van der Waals surface area contributed by atoms with Crippen molar-refractivity contribution < 1.29 is 38.1 Å². The predicted octanol–water partition coefficient (Wildman–Crippen LogP) is -0.357. The summed E-state index contributed by atoms with van der Waals surface area (Å²) in [6.07, 6.45) is 1.82. The Labute approximate surface area is 130 Å². The molecule has 1 heterocycles. The Morgan fingerprint density at radius 2 is 1.57 bits per heavy atom. The maximum atomic E-state index is 11.8. The molecule has 0 atom stereocenters. The van der Waals surface area contributed by atoms with Crippen LogP contribution in [0.2, 0.25) is 0 Å². The zero-order chi connectivity index (χ0) is 17.6. The summed E-state index contributed by atoms with van der Waals surface area (Å²) in [6, 6.07) is 0. The van der Waals surface area contributed by atoms with Crippen LogP contribution in [0, 0.1) is 0 Å². The number of nitrogens with zero attached hydrogens (tertiary/aromatic N) is 2. The molecule has 10 heteroatoms. The van der Waals surface area contributed by atoms with Crippen molar-refractivity contribution in [3.63, 3.8) is 0 Å². The van der Waals surface area contributed by atoms with Gasteiger partial charge < -0.3 is 18.9 Å². The Kier molecular flexibility index (Phi) is 6.01. The predicted molar refractivity (Wildman–Crippen MR) is 73.2 cm³/mol. The molecule has 10 nitrogen and oxygen atoms in total. The molecule has 1 aromatic heterocycles. The van der Waals surface area contributed by atoms with Crippen molar-refractivity contribution in [3.8, 4) is 0 Å². The number of methoxy groups -OCH3 is 4. The molecule has 0 aromatic carbocycles. The van der Waals surface area contributed by atoms with Gasteiger partial charge in [0.05, 0.1) is 34.5 Å². The lowest BCUT2D eigenvalue weighted by Crippen LogP contribution is -2.14. The largest absolute Gasteiger partial charge is 0.466 e. The third-order valence-corrected chi connectivity index (χ3v) is 2.60. The normalized spacial score (nSPS) is 10.7. The number of hydrogen-bond donors (Lipinski definition) is 0. The summed E-state index contributed by atoms with van der Waals surface area (Å²) in [4.78, 5) is 46.5. The first-order valence-corrected chi connectivity index (χ1v) is 6.04. The van der Waals surface area contributed by atoms with Crippen LogP contribution >= 0.6 is 0 Å². The van der Waals surface area contributed by atoms with E-state index in [9.17, 15) is 19.2 Å². The molecule has 0 radical (unpaired) electrons. The van der Waals surface area contributed by atoms with E-state index < -0.39 is 23.9 Å². The smallest absolute Gasteiger partial charge is 0.359 e. The van der Waals surface area contributed by atoms with Gasteiger partial charge in [0, 0.05) is 6.20 Å². The standard InChI is InChI=1S/C13H14N2O8/c1-20-9(16)5-8(12(18)22-3)15-6-7(11(17)21-2)10(14-15)13(19)23-4/h5-6H,1-4H3/b8-5-. The molecule has 0 saturated heterocycles. The van der Waals surface area contributed by atoms with Crippen molar-refractivity contribution in [2.75, 3.05) is 28.4 Å². The molecule has 0 spiro atoms. The highest BCUT2D eigenvalue weighted by atomic mass is 16.5. The molecule has 0 amide bonds. The molecular formula is C13H14N2O8. The van der Waals surface area contributed by atoms with Crippen LogP contribution in [0.25, 0.3) is 5.70 Å². The number of ether oxygens (including phenoxy) is 4. The number of carbonyl (C=O) groups is 4. The molecule has 0 bridgehead atoms. The van der Waals surface area contributed by atoms with E-state index in [2.05, 4.69) is 24.0 Å². The molecule has 23 heavy (non-hydrogen) atoms.